The summed E-state index contributed by atoms with van der Waals surface area (Å²) < 4.78 is 5.44. The third kappa shape index (κ3) is 7.20. The van der Waals surface area contributed by atoms with Crippen molar-refractivity contribution in [1.82, 2.24) is 15.3 Å². The Morgan fingerprint density at radius 2 is 1.82 bits per heavy atom. The van der Waals surface area contributed by atoms with Gasteiger partial charge >= 0.3 is 0 Å². The standard InChI is InChI=1S/C24H25ClN4O3S/c1-3-32-18-12-10-17(11-13-18)27-22(30)20(14-16-8-6-5-7-9-16)28-23(31)21-19(25)15-26-24(29-21)33-4-2/h5-13,15,20H,3-4,14H2,1-2H3,(H,27,30)(H,28,31)/t20-/m1/s1. The van der Waals surface area contributed by atoms with E-state index in [9.17, 15) is 9.59 Å². The van der Waals surface area contributed by atoms with Crippen LogP contribution in [0, 0.1) is 0 Å². The second-order valence-electron chi connectivity index (χ2n) is 6.94. The fourth-order valence-corrected chi connectivity index (χ4v) is 3.74. The average Bonchev–Trinajstić information content (AvgIpc) is 2.82. The number of hydrogen-bond acceptors (Lipinski definition) is 6. The maximum atomic E-state index is 13.1. The molecule has 0 fully saturated rings. The molecule has 0 saturated carbocycles. The van der Waals surface area contributed by atoms with E-state index in [1.807, 2.05) is 44.2 Å². The Hall–Kier alpha value is -3.10. The van der Waals surface area contributed by atoms with Crippen LogP contribution in [0.4, 0.5) is 5.69 Å². The van der Waals surface area contributed by atoms with E-state index in [1.165, 1.54) is 18.0 Å². The SMILES string of the molecule is CCOc1ccc(NC(=O)[C@@H](Cc2ccccc2)NC(=O)c2nc(SCC)ncc2Cl)cc1. The van der Waals surface area contributed by atoms with E-state index in [1.54, 1.807) is 24.3 Å². The molecule has 0 saturated heterocycles. The van der Waals surface area contributed by atoms with Crippen LogP contribution in [0.1, 0.15) is 29.9 Å². The Labute approximate surface area is 202 Å². The Morgan fingerprint density at radius 3 is 2.48 bits per heavy atom. The minimum absolute atomic E-state index is 0.0366. The molecule has 1 heterocycles. The second-order valence-corrected chi connectivity index (χ2v) is 8.58. The third-order valence-electron chi connectivity index (χ3n) is 4.55. The Morgan fingerprint density at radius 1 is 1.09 bits per heavy atom. The molecule has 0 aliphatic carbocycles. The summed E-state index contributed by atoms with van der Waals surface area (Å²) >= 11 is 7.58. The summed E-state index contributed by atoms with van der Waals surface area (Å²) in [6, 6.07) is 15.7. The minimum Gasteiger partial charge on any atom is -0.494 e. The van der Waals surface area contributed by atoms with Gasteiger partial charge in [0.15, 0.2) is 10.9 Å². The van der Waals surface area contributed by atoms with Gasteiger partial charge in [-0.1, -0.05) is 60.6 Å². The normalized spacial score (nSPS) is 11.5. The van der Waals surface area contributed by atoms with E-state index in [2.05, 4.69) is 20.6 Å². The lowest BCUT2D eigenvalue weighted by molar-refractivity contribution is -0.118. The predicted octanol–water partition coefficient (Wildman–Crippen LogP) is 4.62. The molecule has 2 aromatic carbocycles. The monoisotopic (exact) mass is 484 g/mol. The number of thioether (sulfide) groups is 1. The van der Waals surface area contributed by atoms with Crippen molar-refractivity contribution < 1.29 is 14.3 Å². The number of carbonyl (C=O) groups excluding carboxylic acids is 2. The molecule has 3 aromatic rings. The van der Waals surface area contributed by atoms with E-state index in [4.69, 9.17) is 16.3 Å². The smallest absolute Gasteiger partial charge is 0.272 e. The highest BCUT2D eigenvalue weighted by Gasteiger charge is 2.24. The quantitative estimate of drug-likeness (QED) is 0.322. The van der Waals surface area contributed by atoms with Gasteiger partial charge in [-0.25, -0.2) is 9.97 Å². The topological polar surface area (TPSA) is 93.2 Å². The summed E-state index contributed by atoms with van der Waals surface area (Å²) in [6.45, 7) is 4.42. The molecule has 9 heteroatoms. The van der Waals surface area contributed by atoms with E-state index < -0.39 is 11.9 Å². The van der Waals surface area contributed by atoms with Gasteiger partial charge in [-0.15, -0.1) is 0 Å². The number of nitrogens with one attached hydrogen (secondary N) is 2. The third-order valence-corrected chi connectivity index (χ3v) is 5.57. The lowest BCUT2D eigenvalue weighted by Gasteiger charge is -2.19. The highest BCUT2D eigenvalue weighted by molar-refractivity contribution is 7.99. The first kappa shape index (κ1) is 24.5. The molecule has 0 spiro atoms. The van der Waals surface area contributed by atoms with Gasteiger partial charge in [0.1, 0.15) is 11.8 Å². The van der Waals surface area contributed by atoms with Crippen LogP contribution in [0.2, 0.25) is 5.02 Å². The number of halogens is 1. The lowest BCUT2D eigenvalue weighted by atomic mass is 10.0. The van der Waals surface area contributed by atoms with Gasteiger partial charge in [0.05, 0.1) is 17.8 Å². The first-order chi connectivity index (χ1) is 16.0. The highest BCUT2D eigenvalue weighted by atomic mass is 35.5. The summed E-state index contributed by atoms with van der Waals surface area (Å²) in [6.07, 6.45) is 1.70. The molecule has 2 N–H and O–H groups in total. The molecule has 0 unspecified atom stereocenters. The highest BCUT2D eigenvalue weighted by Crippen LogP contribution is 2.19. The number of amides is 2. The van der Waals surface area contributed by atoms with Gasteiger partial charge in [0, 0.05) is 12.1 Å². The van der Waals surface area contributed by atoms with Crippen molar-refractivity contribution in [2.45, 2.75) is 31.5 Å². The molecule has 33 heavy (non-hydrogen) atoms. The average molecular weight is 485 g/mol. The van der Waals surface area contributed by atoms with Crippen LogP contribution >= 0.6 is 23.4 Å². The van der Waals surface area contributed by atoms with E-state index in [-0.39, 0.29) is 16.6 Å². The molecule has 1 aromatic heterocycles. The van der Waals surface area contributed by atoms with Crippen LogP contribution in [0.25, 0.3) is 0 Å². The van der Waals surface area contributed by atoms with Gasteiger partial charge in [0.25, 0.3) is 5.91 Å². The van der Waals surface area contributed by atoms with E-state index in [0.717, 1.165) is 11.3 Å². The van der Waals surface area contributed by atoms with Crippen molar-refractivity contribution >= 4 is 40.9 Å². The van der Waals surface area contributed by atoms with E-state index >= 15 is 0 Å². The molecular weight excluding hydrogens is 460 g/mol. The maximum absolute atomic E-state index is 13.1. The molecule has 0 aliphatic rings. The molecule has 172 valence electrons. The molecule has 0 aliphatic heterocycles. The van der Waals surface area contributed by atoms with E-state index in [0.29, 0.717) is 29.6 Å². The zero-order chi connectivity index (χ0) is 23.6. The Bertz CT molecular complexity index is 1080. The summed E-state index contributed by atoms with van der Waals surface area (Å²) in [5.74, 6) is 0.570. The Balaban J connectivity index is 1.79. The number of hydrogen-bond donors (Lipinski definition) is 2. The molecule has 0 bridgehead atoms. The minimum atomic E-state index is -0.847. The first-order valence-electron chi connectivity index (χ1n) is 10.5. The summed E-state index contributed by atoms with van der Waals surface area (Å²) in [4.78, 5) is 34.5. The van der Waals surface area contributed by atoms with Crippen molar-refractivity contribution in [3.8, 4) is 5.75 Å². The van der Waals surface area contributed by atoms with Gasteiger partial charge < -0.3 is 15.4 Å². The fraction of sp³-hybridized carbons (Fsp3) is 0.250. The van der Waals surface area contributed by atoms with Gasteiger partial charge in [-0.05, 0) is 42.5 Å². The molecule has 2 amide bonds. The van der Waals surface area contributed by atoms with Crippen molar-refractivity contribution in [1.29, 1.82) is 0 Å². The van der Waals surface area contributed by atoms with Crippen molar-refractivity contribution in [2.75, 3.05) is 17.7 Å². The van der Waals surface area contributed by atoms with Crippen LogP contribution < -0.4 is 15.4 Å². The van der Waals surface area contributed by atoms with Gasteiger partial charge in [-0.3, -0.25) is 9.59 Å². The van der Waals surface area contributed by atoms with Crippen LogP contribution in [0.3, 0.4) is 0 Å². The number of anilines is 1. The number of benzene rings is 2. The Kier molecular flexibility index (Phi) is 9.09. The molecule has 7 nitrogen and oxygen atoms in total. The molecule has 1 atom stereocenters. The number of nitrogens with zero attached hydrogens (tertiary/aromatic N) is 2. The predicted molar refractivity (Wildman–Crippen MR) is 131 cm³/mol. The molecule has 0 radical (unpaired) electrons. The fourth-order valence-electron chi connectivity index (χ4n) is 3.03. The van der Waals surface area contributed by atoms with Crippen LogP contribution in [0.5, 0.6) is 5.75 Å². The maximum Gasteiger partial charge on any atom is 0.272 e. The number of carbonyl (C=O) groups is 2. The largest absolute Gasteiger partial charge is 0.494 e. The van der Waals surface area contributed by atoms with Crippen LogP contribution in [-0.2, 0) is 11.2 Å². The lowest BCUT2D eigenvalue weighted by Crippen LogP contribution is -2.45. The second kappa shape index (κ2) is 12.2. The zero-order valence-corrected chi connectivity index (χ0v) is 19.9. The van der Waals surface area contributed by atoms with Gasteiger partial charge in [0.2, 0.25) is 5.91 Å². The van der Waals surface area contributed by atoms with Crippen molar-refractivity contribution in [3.63, 3.8) is 0 Å². The molecular formula is C24H25ClN4O3S. The number of ether oxygens (including phenoxy) is 1. The summed E-state index contributed by atoms with van der Waals surface area (Å²) in [7, 11) is 0. The summed E-state index contributed by atoms with van der Waals surface area (Å²) in [5, 5.41) is 6.21. The number of rotatable bonds is 10. The van der Waals surface area contributed by atoms with Crippen LogP contribution in [-0.4, -0.2) is 40.2 Å². The summed E-state index contributed by atoms with van der Waals surface area (Å²) in [5.41, 5.74) is 1.53. The van der Waals surface area contributed by atoms with Crippen molar-refractivity contribution in [3.05, 3.63) is 77.1 Å². The molecule has 3 rings (SSSR count). The van der Waals surface area contributed by atoms with Gasteiger partial charge in [-0.2, -0.15) is 0 Å². The zero-order valence-electron chi connectivity index (χ0n) is 18.4. The first-order valence-corrected chi connectivity index (χ1v) is 11.9. The number of aromatic nitrogens is 2. The van der Waals surface area contributed by atoms with Crippen LogP contribution in [0.15, 0.2) is 66.0 Å². The van der Waals surface area contributed by atoms with Crippen molar-refractivity contribution in [2.24, 2.45) is 0 Å².